The Hall–Kier alpha value is -2.83. The van der Waals surface area contributed by atoms with Crippen molar-refractivity contribution in [3.05, 3.63) is 62.7 Å². The SMILES string of the molecule is CC(CC(Cn1ccc2cc(B3OC(C)(C)C(C)(C)O3)c(F)cc2c1=O)O[Si](C)(C)C(C)(C)C)Nc1cnn(COCC[Si](C)(C)C)c(=O)c1C(F)(F)F. The van der Waals surface area contributed by atoms with Crippen LogP contribution < -0.4 is 21.9 Å². The van der Waals surface area contributed by atoms with Crippen molar-refractivity contribution in [1.29, 1.82) is 0 Å². The molecule has 4 rings (SSSR count). The molecule has 300 valence electrons. The van der Waals surface area contributed by atoms with Gasteiger partial charge in [0.05, 0.1) is 41.1 Å². The third kappa shape index (κ3) is 10.1. The van der Waals surface area contributed by atoms with Gasteiger partial charge in [-0.15, -0.1) is 0 Å². The Morgan fingerprint density at radius 3 is 2.17 bits per heavy atom. The molecule has 1 N–H and O–H groups in total. The van der Waals surface area contributed by atoms with Crippen molar-refractivity contribution in [2.24, 2.45) is 0 Å². The summed E-state index contributed by atoms with van der Waals surface area (Å²) in [7, 11) is -4.88. The number of hydrogen-bond donors (Lipinski definition) is 1. The first kappa shape index (κ1) is 43.9. The quantitative estimate of drug-likeness (QED) is 0.101. The average molecular weight is 797 g/mol. The highest BCUT2D eigenvalue weighted by Gasteiger charge is 2.52. The third-order valence-electron chi connectivity index (χ3n) is 10.8. The zero-order valence-electron chi connectivity index (χ0n) is 34.0. The van der Waals surface area contributed by atoms with Gasteiger partial charge in [0.15, 0.2) is 8.32 Å². The number of aromatic nitrogens is 3. The lowest BCUT2D eigenvalue weighted by atomic mass is 9.78. The van der Waals surface area contributed by atoms with E-state index in [1.807, 2.05) is 40.8 Å². The molecule has 17 heteroatoms. The largest absolute Gasteiger partial charge is 0.497 e. The van der Waals surface area contributed by atoms with Gasteiger partial charge in [-0.25, -0.2) is 9.07 Å². The monoisotopic (exact) mass is 796 g/mol. The van der Waals surface area contributed by atoms with E-state index in [1.165, 1.54) is 10.6 Å². The first-order valence-corrected chi connectivity index (χ1v) is 25.0. The molecular formula is C37H57BF4N4O6Si2. The number of pyridine rings is 1. The van der Waals surface area contributed by atoms with Crippen molar-refractivity contribution in [1.82, 2.24) is 14.3 Å². The van der Waals surface area contributed by atoms with Crippen molar-refractivity contribution in [2.45, 2.75) is 148 Å². The van der Waals surface area contributed by atoms with Gasteiger partial charge in [-0.05, 0) is 82.7 Å². The Kier molecular flexibility index (Phi) is 12.7. The van der Waals surface area contributed by atoms with Gasteiger partial charge < -0.3 is 28.4 Å². The molecule has 0 bridgehead atoms. The van der Waals surface area contributed by atoms with E-state index in [4.69, 9.17) is 18.5 Å². The van der Waals surface area contributed by atoms with Gasteiger partial charge in [-0.3, -0.25) is 9.59 Å². The van der Waals surface area contributed by atoms with E-state index in [2.05, 4.69) is 50.8 Å². The Labute approximate surface area is 318 Å². The summed E-state index contributed by atoms with van der Waals surface area (Å²) >= 11 is 0. The topological polar surface area (TPSA) is 106 Å². The molecule has 1 saturated heterocycles. The average Bonchev–Trinajstić information content (AvgIpc) is 3.21. The standard InChI is InChI=1S/C37H57BF4N4O6Si2/c1-24(44-30-21-43-46(23-49-16-17-53(9,10)11)33(48)31(30)37(40,41)42)18-26(50-54(12,13)34(2,3)4)22-45-15-14-25-19-28(29(39)20-27(25)32(45)47)38-51-35(5,6)36(7,8)52-38/h14-15,19-21,24,26,44H,16-18,22-23H2,1-13H3. The minimum absolute atomic E-state index is 0.0502. The second kappa shape index (κ2) is 15.6. The lowest BCUT2D eigenvalue weighted by Crippen LogP contribution is -2.46. The van der Waals surface area contributed by atoms with Crippen molar-refractivity contribution in [3.63, 3.8) is 0 Å². The molecule has 54 heavy (non-hydrogen) atoms. The van der Waals surface area contributed by atoms with Crippen LogP contribution in [0, 0.1) is 5.82 Å². The normalized spacial score (nSPS) is 17.6. The first-order chi connectivity index (χ1) is 24.5. The Balaban J connectivity index is 1.62. The number of benzene rings is 1. The van der Waals surface area contributed by atoms with Crippen LogP contribution in [-0.2, 0) is 37.9 Å². The molecule has 0 radical (unpaired) electrons. The van der Waals surface area contributed by atoms with Gasteiger partial charge in [-0.2, -0.15) is 18.3 Å². The molecule has 0 aliphatic carbocycles. The fraction of sp³-hybridized carbons (Fsp3) is 0.649. The summed E-state index contributed by atoms with van der Waals surface area (Å²) in [6, 6.07) is 4.60. The molecule has 2 unspecified atom stereocenters. The van der Waals surface area contributed by atoms with Crippen molar-refractivity contribution in [3.8, 4) is 0 Å². The van der Waals surface area contributed by atoms with Crippen LogP contribution >= 0.6 is 0 Å². The number of rotatable bonds is 14. The number of halogens is 4. The number of alkyl halides is 3. The second-order valence-corrected chi connectivity index (χ2v) is 28.6. The summed E-state index contributed by atoms with van der Waals surface area (Å²) in [5.74, 6) is -0.642. The van der Waals surface area contributed by atoms with Crippen molar-refractivity contribution < 1.29 is 36.0 Å². The van der Waals surface area contributed by atoms with Gasteiger partial charge in [-0.1, -0.05) is 46.5 Å². The summed E-state index contributed by atoms with van der Waals surface area (Å²) in [5.41, 5.74) is -4.76. The van der Waals surface area contributed by atoms with Gasteiger partial charge in [0.1, 0.15) is 18.1 Å². The van der Waals surface area contributed by atoms with Crippen LogP contribution in [0.15, 0.2) is 40.2 Å². The van der Waals surface area contributed by atoms with Crippen LogP contribution in [0.5, 0.6) is 0 Å². The van der Waals surface area contributed by atoms with Crippen LogP contribution in [0.25, 0.3) is 10.8 Å². The molecule has 3 heterocycles. The van der Waals surface area contributed by atoms with Crippen molar-refractivity contribution >= 4 is 45.4 Å². The molecule has 2 atom stereocenters. The molecule has 0 saturated carbocycles. The zero-order chi connectivity index (χ0) is 40.8. The Morgan fingerprint density at radius 2 is 1.61 bits per heavy atom. The minimum Gasteiger partial charge on any atom is -0.412 e. The summed E-state index contributed by atoms with van der Waals surface area (Å²) in [5, 5.41) is 7.27. The van der Waals surface area contributed by atoms with Crippen molar-refractivity contribution in [2.75, 3.05) is 11.9 Å². The highest BCUT2D eigenvalue weighted by Crippen LogP contribution is 2.39. The molecule has 1 aliphatic rings. The van der Waals surface area contributed by atoms with Gasteiger partial charge >= 0.3 is 13.3 Å². The van der Waals surface area contributed by atoms with Crippen LogP contribution in [0.1, 0.15) is 67.4 Å². The molecule has 3 aromatic rings. The fourth-order valence-corrected chi connectivity index (χ4v) is 7.92. The Morgan fingerprint density at radius 1 is 1.00 bits per heavy atom. The van der Waals surface area contributed by atoms with E-state index < -0.39 is 88.0 Å². The van der Waals surface area contributed by atoms with Gasteiger partial charge in [0, 0.05) is 32.4 Å². The van der Waals surface area contributed by atoms with Crippen LogP contribution in [0.3, 0.4) is 0 Å². The summed E-state index contributed by atoms with van der Waals surface area (Å²) < 4.78 is 85.2. The predicted octanol–water partition coefficient (Wildman–Crippen LogP) is 7.61. The lowest BCUT2D eigenvalue weighted by Gasteiger charge is -2.40. The van der Waals surface area contributed by atoms with Crippen LogP contribution in [0.2, 0.25) is 43.8 Å². The maximum Gasteiger partial charge on any atom is 0.497 e. The fourth-order valence-electron chi connectivity index (χ4n) is 5.80. The number of fused-ring (bicyclic) bond motifs is 1. The highest BCUT2D eigenvalue weighted by molar-refractivity contribution is 6.76. The zero-order valence-corrected chi connectivity index (χ0v) is 36.0. The molecule has 10 nitrogen and oxygen atoms in total. The van der Waals surface area contributed by atoms with Gasteiger partial charge in [0.25, 0.3) is 11.1 Å². The molecule has 1 fully saturated rings. The predicted molar refractivity (Wildman–Crippen MR) is 211 cm³/mol. The summed E-state index contributed by atoms with van der Waals surface area (Å²) in [6.45, 7) is 25.9. The van der Waals surface area contributed by atoms with Crippen LogP contribution in [-0.4, -0.2) is 67.8 Å². The van der Waals surface area contributed by atoms with E-state index in [1.54, 1.807) is 25.3 Å². The molecule has 2 aromatic heterocycles. The third-order valence-corrected chi connectivity index (χ3v) is 17.1. The molecule has 1 aliphatic heterocycles. The summed E-state index contributed by atoms with van der Waals surface area (Å²) in [4.78, 5) is 26.9. The molecular weight excluding hydrogens is 739 g/mol. The van der Waals surface area contributed by atoms with Crippen LogP contribution in [0.4, 0.5) is 23.2 Å². The number of nitrogens with zero attached hydrogens (tertiary/aromatic N) is 3. The minimum atomic E-state index is -4.96. The van der Waals surface area contributed by atoms with E-state index in [-0.39, 0.29) is 28.9 Å². The lowest BCUT2D eigenvalue weighted by molar-refractivity contribution is -0.138. The number of hydrogen-bond acceptors (Lipinski definition) is 8. The van der Waals surface area contributed by atoms with E-state index >= 15 is 4.39 Å². The molecule has 1 aromatic carbocycles. The molecule has 0 spiro atoms. The van der Waals surface area contributed by atoms with Gasteiger partial charge in [0.2, 0.25) is 0 Å². The number of ether oxygens (including phenoxy) is 1. The van der Waals surface area contributed by atoms with E-state index in [0.717, 1.165) is 12.2 Å². The van der Waals surface area contributed by atoms with E-state index in [9.17, 15) is 22.8 Å². The second-order valence-electron chi connectivity index (χ2n) is 18.2. The Bertz CT molecular complexity index is 1920. The first-order valence-electron chi connectivity index (χ1n) is 18.4. The molecule has 0 amide bonds. The number of nitrogens with one attached hydrogen (secondary N) is 1. The smallest absolute Gasteiger partial charge is 0.412 e. The van der Waals surface area contributed by atoms with E-state index in [0.29, 0.717) is 16.7 Å². The maximum absolute atomic E-state index is 15.6. The summed E-state index contributed by atoms with van der Waals surface area (Å²) in [6.07, 6.45) is -2.83. The highest BCUT2D eigenvalue weighted by atomic mass is 28.4. The maximum atomic E-state index is 15.6. The number of anilines is 1.